The largest absolute Gasteiger partial charge is 0.478 e. The van der Waals surface area contributed by atoms with E-state index in [0.29, 0.717) is 13.0 Å². The van der Waals surface area contributed by atoms with E-state index in [1.807, 2.05) is 13.8 Å². The van der Waals surface area contributed by atoms with Crippen molar-refractivity contribution in [2.75, 3.05) is 13.7 Å². The van der Waals surface area contributed by atoms with Crippen LogP contribution in [0.15, 0.2) is 85.0 Å². The first-order valence-electron chi connectivity index (χ1n) is 15.5. The van der Waals surface area contributed by atoms with Crippen LogP contribution in [0.3, 0.4) is 0 Å². The number of carboxylic acid groups (broad SMARTS) is 1. The zero-order valence-corrected chi connectivity index (χ0v) is 26.8. The van der Waals surface area contributed by atoms with Crippen molar-refractivity contribution in [1.29, 1.82) is 0 Å². The number of hydrogen-bond donors (Lipinski definition) is 2. The molecule has 242 valence electrons. The lowest BCUT2D eigenvalue weighted by Gasteiger charge is -2.22. The van der Waals surface area contributed by atoms with Gasteiger partial charge in [0.05, 0.1) is 6.61 Å². The second kappa shape index (κ2) is 24.7. The summed E-state index contributed by atoms with van der Waals surface area (Å²) in [6.45, 7) is 6.26. The lowest BCUT2D eigenvalue weighted by Crippen LogP contribution is -2.48. The average Bonchev–Trinajstić information content (AvgIpc) is 2.99. The van der Waals surface area contributed by atoms with E-state index in [2.05, 4.69) is 73.0 Å². The Morgan fingerprint density at radius 1 is 0.841 bits per heavy atom. The summed E-state index contributed by atoms with van der Waals surface area (Å²) >= 11 is 0. The summed E-state index contributed by atoms with van der Waals surface area (Å²) in [5.41, 5.74) is -0.141. The molecule has 0 aliphatic heterocycles. The molecule has 0 aliphatic carbocycles. The van der Waals surface area contributed by atoms with Gasteiger partial charge in [0.1, 0.15) is 17.4 Å². The monoisotopic (exact) mass is 609 g/mol. The quantitative estimate of drug-likeness (QED) is 0.0429. The fraction of sp³-hybridized carbons (Fsp3) is 0.472. The molecule has 2 atom stereocenters. The van der Waals surface area contributed by atoms with E-state index in [1.54, 1.807) is 6.07 Å². The highest BCUT2D eigenvalue weighted by Gasteiger charge is 2.29. The minimum Gasteiger partial charge on any atom is -0.478 e. The predicted molar refractivity (Wildman–Crippen MR) is 175 cm³/mol. The van der Waals surface area contributed by atoms with Crippen LogP contribution in [0.25, 0.3) is 0 Å². The zero-order chi connectivity index (χ0) is 32.4. The summed E-state index contributed by atoms with van der Waals surface area (Å²) < 4.78 is 16.2. The molecule has 0 spiro atoms. The Labute approximate surface area is 263 Å². The van der Waals surface area contributed by atoms with Crippen molar-refractivity contribution in [3.05, 3.63) is 90.6 Å². The maximum Gasteiger partial charge on any atom is 0.339 e. The van der Waals surface area contributed by atoms with E-state index < -0.39 is 30.2 Å². The molecule has 1 aromatic rings. The summed E-state index contributed by atoms with van der Waals surface area (Å²) in [5, 5.41) is 12.0. The molecule has 0 aromatic heterocycles. The lowest BCUT2D eigenvalue weighted by atomic mass is 10.0. The van der Waals surface area contributed by atoms with Gasteiger partial charge in [-0.3, -0.25) is 4.79 Å². The second-order valence-corrected chi connectivity index (χ2v) is 10.6. The smallest absolute Gasteiger partial charge is 0.339 e. The number of aromatic carboxylic acids is 1. The van der Waals surface area contributed by atoms with Gasteiger partial charge in [-0.2, -0.15) is 0 Å². The number of rotatable bonds is 23. The van der Waals surface area contributed by atoms with Crippen molar-refractivity contribution in [1.82, 2.24) is 5.32 Å². The molecule has 0 fully saturated rings. The van der Waals surface area contributed by atoms with Crippen molar-refractivity contribution in [2.24, 2.45) is 5.92 Å². The highest BCUT2D eigenvalue weighted by Crippen LogP contribution is 2.19. The molecule has 8 heteroatoms. The van der Waals surface area contributed by atoms with Crippen LogP contribution in [-0.2, 0) is 19.1 Å². The van der Waals surface area contributed by atoms with Crippen molar-refractivity contribution in [3.8, 4) is 5.75 Å². The van der Waals surface area contributed by atoms with Gasteiger partial charge in [0.2, 0.25) is 6.29 Å². The van der Waals surface area contributed by atoms with E-state index in [1.165, 1.54) is 25.3 Å². The van der Waals surface area contributed by atoms with Crippen LogP contribution >= 0.6 is 0 Å². The Morgan fingerprint density at radius 3 is 1.95 bits per heavy atom. The van der Waals surface area contributed by atoms with Crippen LogP contribution in [0.5, 0.6) is 5.75 Å². The summed E-state index contributed by atoms with van der Waals surface area (Å²) in [5.74, 6) is -2.60. The molecule has 0 radical (unpaired) electrons. The third-order valence-electron chi connectivity index (χ3n) is 6.26. The number of carbonyl (C=O) groups excluding carboxylic acids is 2. The number of unbranched alkanes of at least 4 members (excludes halogenated alkanes) is 2. The van der Waals surface area contributed by atoms with Gasteiger partial charge in [-0.25, -0.2) is 9.59 Å². The molecular formula is C36H51NO7. The number of nitrogens with one attached hydrogen (secondary N) is 1. The van der Waals surface area contributed by atoms with Crippen molar-refractivity contribution >= 4 is 17.8 Å². The van der Waals surface area contributed by atoms with Gasteiger partial charge in [-0.05, 0) is 75.8 Å². The van der Waals surface area contributed by atoms with Crippen LogP contribution in [0, 0.1) is 5.92 Å². The number of carbonyl (C=O) groups is 3. The van der Waals surface area contributed by atoms with Crippen LogP contribution in [0.2, 0.25) is 0 Å². The van der Waals surface area contributed by atoms with E-state index in [9.17, 15) is 19.5 Å². The van der Waals surface area contributed by atoms with Gasteiger partial charge in [0, 0.05) is 7.11 Å². The molecule has 0 aliphatic rings. The van der Waals surface area contributed by atoms with Gasteiger partial charge in [0.15, 0.2) is 0 Å². The molecule has 1 amide bonds. The molecule has 2 unspecified atom stereocenters. The molecule has 0 saturated carbocycles. The number of hydrogen-bond acceptors (Lipinski definition) is 6. The van der Waals surface area contributed by atoms with Crippen molar-refractivity contribution < 1.29 is 33.7 Å². The molecule has 2 N–H and O–H groups in total. The number of ether oxygens (including phenoxy) is 3. The number of methoxy groups -OCH3 is 1. The third kappa shape index (κ3) is 18.0. The van der Waals surface area contributed by atoms with Gasteiger partial charge >= 0.3 is 11.9 Å². The van der Waals surface area contributed by atoms with Gasteiger partial charge < -0.3 is 24.6 Å². The normalized spacial score (nSPS) is 13.6. The Bertz CT molecular complexity index is 1120. The first-order chi connectivity index (χ1) is 21.3. The molecule has 0 heterocycles. The van der Waals surface area contributed by atoms with E-state index in [-0.39, 0.29) is 17.2 Å². The first-order valence-corrected chi connectivity index (χ1v) is 15.5. The number of allylic oxidation sites excluding steroid dienone is 10. The SMILES string of the molecule is CC/C=C\C/C=C\C/C=C\C/C=C\C/C=C\CCCCOC(OC)C(=O)NC(CC(C)C)C(=O)Oc1ccccc1C(=O)O. The Balaban J connectivity index is 2.35. The first kappa shape index (κ1) is 38.3. The zero-order valence-electron chi connectivity index (χ0n) is 26.8. The Kier molecular flexibility index (Phi) is 21.5. The number of benzene rings is 1. The van der Waals surface area contributed by atoms with Crippen molar-refractivity contribution in [2.45, 2.75) is 90.9 Å². The minimum absolute atomic E-state index is 0.0560. The van der Waals surface area contributed by atoms with E-state index in [4.69, 9.17) is 14.2 Å². The molecule has 1 aromatic carbocycles. The van der Waals surface area contributed by atoms with Gasteiger partial charge in [-0.15, -0.1) is 0 Å². The standard InChI is InChI=1S/C36H51NO7/c1-5-6-7-8-9-10-11-12-13-14-15-16-17-18-19-20-21-24-27-43-36(42-4)33(38)37-31(28-29(2)3)35(41)44-32-26-23-22-25-30(32)34(39)40/h6-7,9-10,12-13,15-16,18-19,22-23,25-26,29,31,36H,5,8,11,14,17,20-21,24,27-28H2,1-4H3,(H,37,38)(H,39,40)/b7-6-,10-9-,13-12-,16-15-,19-18-. The molecular weight excluding hydrogens is 558 g/mol. The molecule has 44 heavy (non-hydrogen) atoms. The Hall–Kier alpha value is -3.75. The summed E-state index contributed by atoms with van der Waals surface area (Å²) in [4.78, 5) is 37.2. The topological polar surface area (TPSA) is 111 Å². The third-order valence-corrected chi connectivity index (χ3v) is 6.26. The summed E-state index contributed by atoms with van der Waals surface area (Å²) in [6.07, 6.45) is 28.2. The number of amides is 1. The Morgan fingerprint density at radius 2 is 1.41 bits per heavy atom. The number of para-hydroxylation sites is 1. The van der Waals surface area contributed by atoms with Gasteiger partial charge in [-0.1, -0.05) is 93.7 Å². The van der Waals surface area contributed by atoms with E-state index >= 15 is 0 Å². The van der Waals surface area contributed by atoms with Crippen molar-refractivity contribution in [3.63, 3.8) is 0 Å². The maximum atomic E-state index is 12.9. The highest BCUT2D eigenvalue weighted by atomic mass is 16.7. The predicted octanol–water partition coefficient (Wildman–Crippen LogP) is 7.73. The van der Waals surface area contributed by atoms with Crippen LogP contribution < -0.4 is 10.1 Å². The van der Waals surface area contributed by atoms with E-state index in [0.717, 1.165) is 51.4 Å². The number of carboxylic acids is 1. The average molecular weight is 610 g/mol. The summed E-state index contributed by atoms with van der Waals surface area (Å²) in [6, 6.07) is 4.86. The number of esters is 1. The molecule has 0 bridgehead atoms. The van der Waals surface area contributed by atoms with Crippen LogP contribution in [0.1, 0.15) is 88.9 Å². The summed E-state index contributed by atoms with van der Waals surface area (Å²) in [7, 11) is 1.36. The minimum atomic E-state index is -1.22. The van der Waals surface area contributed by atoms with Gasteiger partial charge in [0.25, 0.3) is 5.91 Å². The van der Waals surface area contributed by atoms with Crippen LogP contribution in [0.4, 0.5) is 0 Å². The lowest BCUT2D eigenvalue weighted by molar-refractivity contribution is -0.167. The molecule has 8 nitrogen and oxygen atoms in total. The fourth-order valence-corrected chi connectivity index (χ4v) is 4.01. The maximum absolute atomic E-state index is 12.9. The van der Waals surface area contributed by atoms with Crippen LogP contribution in [-0.4, -0.2) is 49.0 Å². The molecule has 1 rings (SSSR count). The fourth-order valence-electron chi connectivity index (χ4n) is 4.01. The molecule has 0 saturated heterocycles. The second-order valence-electron chi connectivity index (χ2n) is 10.6. The highest BCUT2D eigenvalue weighted by molar-refractivity contribution is 5.93.